The van der Waals surface area contributed by atoms with Gasteiger partial charge in [0.25, 0.3) is 27.8 Å². The number of ketones is 1. The third-order valence-electron chi connectivity index (χ3n) is 21.3. The molecule has 2 fully saturated rings. The topological polar surface area (TPSA) is 424 Å². The second-order valence-electron chi connectivity index (χ2n) is 31.4. The lowest BCUT2D eigenvalue weighted by Crippen LogP contribution is -2.55. The highest BCUT2D eigenvalue weighted by Gasteiger charge is 2.56. The molecule has 3 aromatic carbocycles. The van der Waals surface area contributed by atoms with Gasteiger partial charge >= 0.3 is 24.1 Å². The highest BCUT2D eigenvalue weighted by atomic mass is 32.2. The molecule has 3 aromatic heterocycles. The van der Waals surface area contributed by atoms with E-state index in [0.29, 0.717) is 119 Å². The average molecular weight is 1600 g/mol. The molecule has 31 nitrogen and oxygen atoms in total. The number of thiazole rings is 1. The average Bonchev–Trinajstić information content (AvgIpc) is 1.49. The number of unbranched alkanes of at least 4 members (excludes halogenated alkanes) is 2. The van der Waals surface area contributed by atoms with Crippen molar-refractivity contribution in [2.24, 2.45) is 28.4 Å². The third kappa shape index (κ3) is 23.2. The number of fused-ring (bicyclic) bond motifs is 4. The lowest BCUT2D eigenvalue weighted by Gasteiger charge is -2.58. The summed E-state index contributed by atoms with van der Waals surface area (Å²) in [7, 11) is -2.31. The van der Waals surface area contributed by atoms with E-state index in [9.17, 15) is 71.1 Å². The zero-order chi connectivity index (χ0) is 81.5. The normalized spacial score (nSPS) is 19.2. The van der Waals surface area contributed by atoms with Crippen LogP contribution in [-0.4, -0.2) is 207 Å². The number of amides is 8. The summed E-state index contributed by atoms with van der Waals surface area (Å²) in [5.41, 5.74) is 9.42. The predicted molar refractivity (Wildman–Crippen MR) is 421 cm³/mol. The summed E-state index contributed by atoms with van der Waals surface area (Å²) in [6.07, 6.45) is 9.45. The van der Waals surface area contributed by atoms with Gasteiger partial charge in [-0.25, -0.2) is 24.4 Å². The molecule has 6 atom stereocenters. The van der Waals surface area contributed by atoms with Crippen LogP contribution in [0.5, 0.6) is 5.75 Å². The van der Waals surface area contributed by atoms with Crippen molar-refractivity contribution in [1.82, 2.24) is 50.4 Å². The van der Waals surface area contributed by atoms with E-state index in [2.05, 4.69) is 47.0 Å². The molecule has 0 radical (unpaired) electrons. The summed E-state index contributed by atoms with van der Waals surface area (Å²) >= 11 is 1.31. The van der Waals surface area contributed by atoms with Crippen molar-refractivity contribution >= 4 is 102 Å². The van der Waals surface area contributed by atoms with Gasteiger partial charge in [-0.2, -0.15) is 13.5 Å². The first kappa shape index (κ1) is 85.2. The number of pyridine rings is 1. The number of nitrogens with one attached hydrogen (secondary N) is 4. The molecule has 0 saturated heterocycles. The Morgan fingerprint density at radius 1 is 0.814 bits per heavy atom. The van der Waals surface area contributed by atoms with E-state index in [1.54, 1.807) is 75.6 Å². The molecule has 6 aromatic rings. The molecule has 2 aliphatic carbocycles. The molecule has 10 rings (SSSR count). The largest absolute Gasteiger partial charge is 0.491 e. The Kier molecular flexibility index (Phi) is 28.4. The molecule has 4 aliphatic rings. The van der Waals surface area contributed by atoms with E-state index in [-0.39, 0.29) is 130 Å². The minimum atomic E-state index is -4.11. The van der Waals surface area contributed by atoms with Crippen LogP contribution in [0.3, 0.4) is 0 Å². The Morgan fingerprint density at radius 2 is 1.56 bits per heavy atom. The van der Waals surface area contributed by atoms with Gasteiger partial charge in [-0.05, 0) is 154 Å². The van der Waals surface area contributed by atoms with Crippen molar-refractivity contribution in [2.45, 2.75) is 169 Å². The number of rotatable bonds is 40. The lowest BCUT2D eigenvalue weighted by molar-refractivity contribution is -0.179. The molecule has 4 unspecified atom stereocenters. The van der Waals surface area contributed by atoms with Crippen molar-refractivity contribution in [3.63, 3.8) is 0 Å². The summed E-state index contributed by atoms with van der Waals surface area (Å²) in [6, 6.07) is 18.1. The number of benzene rings is 3. The fraction of sp³-hybridized carbons (Fsp3) is 0.512. The highest BCUT2D eigenvalue weighted by molar-refractivity contribution is 7.85. The molecule has 9 N–H and O–H groups in total. The van der Waals surface area contributed by atoms with Gasteiger partial charge < -0.3 is 60.8 Å². The number of carboxylic acids is 2. The summed E-state index contributed by atoms with van der Waals surface area (Å²) in [5.74, 6) is -4.54. The summed E-state index contributed by atoms with van der Waals surface area (Å²) in [5, 5.41) is 37.0. The van der Waals surface area contributed by atoms with E-state index in [1.165, 1.54) is 28.4 Å². The SMILES string of the molecule is Cc1c(-c2ccc(N3CCc4c(OCCN(CCC(=O)O)C(=O)OCc5ccc(CC(=O)[C@H](CCCNC(N)=O)NC(=O)[C@@H](NC(=O)CCCCCN6C(=O)C=CC6=O)C(C)C)cc5)ccc(C(=O)Nc5nc6ccccc6s5)c4C3)nc2C(=O)O)cnn1CC1(C)CC2(C)CC(C)CC(OCCN(C)CCS(=O)(=O)O)(C2)C1. The molecule has 2 aliphatic heterocycles. The fourth-order valence-electron chi connectivity index (χ4n) is 16.6. The van der Waals surface area contributed by atoms with Crippen LogP contribution in [-0.2, 0) is 80.9 Å². The number of para-hydroxylation sites is 1. The first-order valence-electron chi connectivity index (χ1n) is 38.3. The molecule has 8 amide bonds. The van der Waals surface area contributed by atoms with Crippen LogP contribution in [0.1, 0.15) is 160 Å². The maximum atomic E-state index is 14.5. The first-order chi connectivity index (χ1) is 53.6. The van der Waals surface area contributed by atoms with Gasteiger partial charge in [0.1, 0.15) is 30.8 Å². The molecule has 608 valence electrons. The number of carboxylic acid groups (broad SMARTS) is 2. The minimum Gasteiger partial charge on any atom is -0.491 e. The second-order valence-corrected chi connectivity index (χ2v) is 34.0. The van der Waals surface area contributed by atoms with Crippen molar-refractivity contribution in [3.8, 4) is 16.9 Å². The Labute approximate surface area is 660 Å². The Hall–Kier alpha value is -10.2. The van der Waals surface area contributed by atoms with E-state index in [4.69, 9.17) is 30.0 Å². The Morgan fingerprint density at radius 3 is 2.27 bits per heavy atom. The fourth-order valence-corrected chi connectivity index (χ4v) is 18.0. The minimum absolute atomic E-state index is 0.0258. The Bertz CT molecular complexity index is 4610. The number of hydrogen-bond acceptors (Lipinski definition) is 21. The van der Waals surface area contributed by atoms with E-state index < -0.39 is 70.1 Å². The van der Waals surface area contributed by atoms with Crippen LogP contribution in [0.2, 0.25) is 0 Å². The zero-order valence-corrected chi connectivity index (χ0v) is 66.6. The number of carbonyl (C=O) groups excluding carboxylic acids is 8. The van der Waals surface area contributed by atoms with Crippen molar-refractivity contribution in [2.75, 3.05) is 82.0 Å². The maximum absolute atomic E-state index is 14.5. The lowest BCUT2D eigenvalue weighted by atomic mass is 9.51. The number of carbonyl (C=O) groups is 10. The van der Waals surface area contributed by atoms with Gasteiger partial charge in [0.15, 0.2) is 16.6 Å². The van der Waals surface area contributed by atoms with Crippen LogP contribution < -0.4 is 36.6 Å². The molecular formula is C80H103N13O18S2. The highest BCUT2D eigenvalue weighted by Crippen LogP contribution is 2.60. The first-order valence-corrected chi connectivity index (χ1v) is 40.7. The van der Waals surface area contributed by atoms with Gasteiger partial charge in [0.05, 0.1) is 53.4 Å². The number of nitrogens with zero attached hydrogens (tertiary/aromatic N) is 8. The third-order valence-corrected chi connectivity index (χ3v) is 23.0. The number of aromatic nitrogens is 4. The van der Waals surface area contributed by atoms with Crippen LogP contribution in [0.15, 0.2) is 91.1 Å². The van der Waals surface area contributed by atoms with Gasteiger partial charge in [0, 0.05) is 105 Å². The van der Waals surface area contributed by atoms with Gasteiger partial charge in [-0.15, -0.1) is 0 Å². The molecule has 2 bridgehead atoms. The molecular weight excluding hydrogens is 1500 g/mol. The van der Waals surface area contributed by atoms with Crippen molar-refractivity contribution < 1.29 is 85.3 Å². The second kappa shape index (κ2) is 37.6. The van der Waals surface area contributed by atoms with E-state index >= 15 is 0 Å². The van der Waals surface area contributed by atoms with E-state index in [1.807, 2.05) is 45.7 Å². The summed E-state index contributed by atoms with van der Waals surface area (Å²) in [4.78, 5) is 145. The van der Waals surface area contributed by atoms with Crippen LogP contribution in [0.25, 0.3) is 21.3 Å². The number of primary amides is 1. The molecule has 5 heterocycles. The smallest absolute Gasteiger partial charge is 0.410 e. The predicted octanol–water partition coefficient (Wildman–Crippen LogP) is 8.74. The van der Waals surface area contributed by atoms with Crippen LogP contribution in [0.4, 0.5) is 20.5 Å². The van der Waals surface area contributed by atoms with E-state index in [0.717, 1.165) is 47.4 Å². The standard InChI is InChI=1S/C80H103N13O18S2/c1-50(2)70(87-66(95)17-9-8-12-31-92-67(96)26-27-68(92)97)73(101)84-60(15-13-30-82-75(81)104)62(94)40-53-18-20-54(21-19-53)45-110-77(105)90(33-29-69(98)99)35-37-109-63-24-22-57(72(100)88-76-85-61-14-10-11-16-64(61)112-76)59-44-91(32-28-55(59)63)65-25-23-56(71(86-65)74(102)103)58-43-83-93(52(58)4)49-79(6)46-78(5)41-51(3)42-80(47-78,48-79)111-38-34-89(7)36-39-113(106,107)108/h10-11,14,16,18-27,43,50-51,60,70H,8-9,12-13,15,17,28-42,44-49H2,1-7H3,(H,84,101)(H,87,95)(H,98,99)(H,102,103)(H3,81,82,104)(H,85,88,100)(H,106,107,108)/t51?,60-,70-,78?,79?,80?/m0/s1. The number of aliphatic carboxylic acids is 1. The number of hydrogen-bond donors (Lipinski definition) is 8. The number of urea groups is 1. The number of nitrogens with two attached hydrogens (primary N) is 1. The number of aromatic carboxylic acids is 1. The zero-order valence-electron chi connectivity index (χ0n) is 65.0. The van der Waals surface area contributed by atoms with Crippen molar-refractivity contribution in [1.29, 1.82) is 0 Å². The van der Waals surface area contributed by atoms with Gasteiger partial charge in [-0.1, -0.05) is 88.8 Å². The number of anilines is 2. The van der Waals surface area contributed by atoms with Crippen molar-refractivity contribution in [3.05, 3.63) is 130 Å². The monoisotopic (exact) mass is 1600 g/mol. The number of likely N-dealkylation sites (N-methyl/N-ethyl adjacent to an activating group) is 1. The molecule has 2 saturated carbocycles. The molecule has 0 spiro atoms. The molecule has 113 heavy (non-hydrogen) atoms. The molecule has 33 heteroatoms. The van der Waals surface area contributed by atoms with Crippen LogP contribution >= 0.6 is 11.3 Å². The quantitative estimate of drug-likeness (QED) is 0.0101. The number of imide groups is 1. The number of Topliss-reactive ketones (excluding diaryl/α,β-unsaturated/α-hetero) is 1. The summed E-state index contributed by atoms with van der Waals surface area (Å²) < 4.78 is 54.1. The van der Waals surface area contributed by atoms with Crippen LogP contribution in [0, 0.1) is 29.6 Å². The maximum Gasteiger partial charge on any atom is 0.410 e. The Balaban J connectivity index is 0.787. The summed E-state index contributed by atoms with van der Waals surface area (Å²) in [6.45, 7) is 13.9. The number of ether oxygens (including phenoxy) is 3. The van der Waals surface area contributed by atoms with Gasteiger partial charge in [-0.3, -0.25) is 53.0 Å². The van der Waals surface area contributed by atoms with Gasteiger partial charge in [0.2, 0.25) is 11.8 Å².